The highest BCUT2D eigenvalue weighted by molar-refractivity contribution is 7.10. The monoisotopic (exact) mass is 290 g/mol. The lowest BCUT2D eigenvalue weighted by molar-refractivity contribution is -0.114. The molecule has 0 fully saturated rings. The van der Waals surface area contributed by atoms with Crippen LogP contribution in [0.2, 0.25) is 0 Å². The van der Waals surface area contributed by atoms with E-state index in [9.17, 15) is 4.79 Å². The fourth-order valence-electron chi connectivity index (χ4n) is 1.86. The van der Waals surface area contributed by atoms with Crippen LogP contribution in [0.4, 0.5) is 5.69 Å². The van der Waals surface area contributed by atoms with E-state index in [1.807, 2.05) is 43.5 Å². The minimum Gasteiger partial charge on any atom is -0.372 e. The number of thiazole rings is 1. The zero-order chi connectivity index (χ0) is 14.5. The maximum absolute atomic E-state index is 11.0. The maximum Gasteiger partial charge on any atom is 0.221 e. The number of nitrogens with zero attached hydrogens (tertiary/aromatic N) is 1. The van der Waals surface area contributed by atoms with Gasteiger partial charge >= 0.3 is 0 Å². The van der Waals surface area contributed by atoms with Gasteiger partial charge in [0.1, 0.15) is 11.1 Å². The molecule has 4 nitrogen and oxygen atoms in total. The third-order valence-electron chi connectivity index (χ3n) is 2.79. The summed E-state index contributed by atoms with van der Waals surface area (Å²) >= 11 is 1.60. The molecule has 106 valence electrons. The lowest BCUT2D eigenvalue weighted by Crippen LogP contribution is -2.05. The van der Waals surface area contributed by atoms with Crippen molar-refractivity contribution in [2.24, 2.45) is 0 Å². The van der Waals surface area contributed by atoms with Gasteiger partial charge in [-0.1, -0.05) is 12.1 Å². The smallest absolute Gasteiger partial charge is 0.221 e. The number of nitrogens with one attached hydrogen (secondary N) is 1. The van der Waals surface area contributed by atoms with Crippen molar-refractivity contribution in [3.05, 3.63) is 34.7 Å². The van der Waals surface area contributed by atoms with Crippen LogP contribution in [0.25, 0.3) is 11.3 Å². The normalized spacial score (nSPS) is 12.2. The molecule has 1 heterocycles. The zero-order valence-corrected chi connectivity index (χ0v) is 12.7. The minimum absolute atomic E-state index is 0.0254. The van der Waals surface area contributed by atoms with E-state index in [2.05, 4.69) is 10.3 Å². The van der Waals surface area contributed by atoms with Crippen molar-refractivity contribution in [2.75, 3.05) is 11.9 Å². The fourth-order valence-corrected chi connectivity index (χ4v) is 2.69. The highest BCUT2D eigenvalue weighted by atomic mass is 32.1. The zero-order valence-electron chi connectivity index (χ0n) is 11.8. The Morgan fingerprint density at radius 1 is 1.40 bits per heavy atom. The van der Waals surface area contributed by atoms with Gasteiger partial charge in [-0.2, -0.15) is 0 Å². The third kappa shape index (κ3) is 3.65. The van der Waals surface area contributed by atoms with Crippen LogP contribution in [0.3, 0.4) is 0 Å². The molecule has 5 heteroatoms. The number of benzene rings is 1. The quantitative estimate of drug-likeness (QED) is 0.909. The van der Waals surface area contributed by atoms with Gasteiger partial charge in [0.2, 0.25) is 5.91 Å². The van der Waals surface area contributed by atoms with E-state index < -0.39 is 0 Å². The van der Waals surface area contributed by atoms with Gasteiger partial charge in [0.05, 0.1) is 5.69 Å². The fraction of sp³-hybridized carbons (Fsp3) is 0.333. The number of aromatic nitrogens is 1. The molecule has 2 aromatic rings. The number of amides is 1. The summed E-state index contributed by atoms with van der Waals surface area (Å²) in [6.07, 6.45) is 0.0254. The number of ether oxygens (including phenoxy) is 1. The summed E-state index contributed by atoms with van der Waals surface area (Å²) in [7, 11) is 0. The van der Waals surface area contributed by atoms with Crippen LogP contribution in [0.1, 0.15) is 31.9 Å². The van der Waals surface area contributed by atoms with E-state index in [0.29, 0.717) is 6.61 Å². The van der Waals surface area contributed by atoms with Crippen molar-refractivity contribution < 1.29 is 9.53 Å². The number of carbonyl (C=O) groups is 1. The molecular formula is C15H18N2O2S. The van der Waals surface area contributed by atoms with Gasteiger partial charge < -0.3 is 10.1 Å². The lowest BCUT2D eigenvalue weighted by Gasteiger charge is -2.07. The van der Waals surface area contributed by atoms with Crippen LogP contribution in [0.5, 0.6) is 0 Å². The molecule has 0 spiro atoms. The molecule has 0 aliphatic heterocycles. The van der Waals surface area contributed by atoms with Crippen molar-refractivity contribution in [2.45, 2.75) is 26.9 Å². The van der Waals surface area contributed by atoms with Crippen molar-refractivity contribution in [1.29, 1.82) is 0 Å². The molecule has 0 aliphatic carbocycles. The van der Waals surface area contributed by atoms with E-state index in [4.69, 9.17) is 4.74 Å². The number of carbonyl (C=O) groups excluding carboxylic acids is 1. The first-order valence-corrected chi connectivity index (χ1v) is 7.43. The molecule has 0 saturated heterocycles. The van der Waals surface area contributed by atoms with Crippen LogP contribution < -0.4 is 5.32 Å². The molecule has 1 N–H and O–H groups in total. The topological polar surface area (TPSA) is 51.2 Å². The molecule has 0 aliphatic rings. The van der Waals surface area contributed by atoms with E-state index in [1.54, 1.807) is 11.3 Å². The number of hydrogen-bond donors (Lipinski definition) is 1. The number of hydrogen-bond acceptors (Lipinski definition) is 4. The third-order valence-corrected chi connectivity index (χ3v) is 3.79. The van der Waals surface area contributed by atoms with E-state index >= 15 is 0 Å². The predicted molar refractivity (Wildman–Crippen MR) is 81.9 cm³/mol. The van der Waals surface area contributed by atoms with Gasteiger partial charge in [0, 0.05) is 30.2 Å². The molecule has 1 amide bonds. The Hall–Kier alpha value is -1.72. The minimum atomic E-state index is -0.0702. The first-order chi connectivity index (χ1) is 9.60. The molecule has 1 aromatic carbocycles. The first-order valence-electron chi connectivity index (χ1n) is 6.55. The molecule has 2 rings (SSSR count). The Bertz CT molecular complexity index is 578. The Labute approximate surface area is 122 Å². The Morgan fingerprint density at radius 2 is 2.10 bits per heavy atom. The maximum atomic E-state index is 11.0. The largest absolute Gasteiger partial charge is 0.372 e. The highest BCUT2D eigenvalue weighted by Crippen LogP contribution is 2.27. The first kappa shape index (κ1) is 14.7. The molecule has 0 bridgehead atoms. The van der Waals surface area contributed by atoms with E-state index in [1.165, 1.54) is 6.92 Å². The second kappa shape index (κ2) is 6.63. The molecular weight excluding hydrogens is 272 g/mol. The molecule has 20 heavy (non-hydrogen) atoms. The van der Waals surface area contributed by atoms with E-state index in [-0.39, 0.29) is 12.0 Å². The van der Waals surface area contributed by atoms with Gasteiger partial charge in [-0.25, -0.2) is 4.98 Å². The highest BCUT2D eigenvalue weighted by Gasteiger charge is 2.11. The molecule has 0 saturated carbocycles. The molecule has 1 atom stereocenters. The van der Waals surface area contributed by atoms with Crippen molar-refractivity contribution in [3.63, 3.8) is 0 Å². The van der Waals surface area contributed by atoms with Crippen LogP contribution >= 0.6 is 11.3 Å². The summed E-state index contributed by atoms with van der Waals surface area (Å²) in [6, 6.07) is 7.66. The Kier molecular flexibility index (Phi) is 4.87. The van der Waals surface area contributed by atoms with Crippen LogP contribution in [0.15, 0.2) is 29.6 Å². The summed E-state index contributed by atoms with van der Waals surface area (Å²) in [5, 5.41) is 5.75. The summed E-state index contributed by atoms with van der Waals surface area (Å²) in [5.41, 5.74) is 2.76. The average Bonchev–Trinajstić information content (AvgIpc) is 2.89. The average molecular weight is 290 g/mol. The van der Waals surface area contributed by atoms with Gasteiger partial charge in [-0.05, 0) is 26.0 Å². The van der Waals surface area contributed by atoms with Gasteiger partial charge in [0.15, 0.2) is 0 Å². The van der Waals surface area contributed by atoms with Crippen molar-refractivity contribution in [1.82, 2.24) is 4.98 Å². The summed E-state index contributed by atoms with van der Waals surface area (Å²) in [6.45, 7) is 6.16. The van der Waals surface area contributed by atoms with Gasteiger partial charge in [0.25, 0.3) is 0 Å². The van der Waals surface area contributed by atoms with Crippen molar-refractivity contribution in [3.8, 4) is 11.3 Å². The predicted octanol–water partition coefficient (Wildman–Crippen LogP) is 3.87. The summed E-state index contributed by atoms with van der Waals surface area (Å²) in [4.78, 5) is 15.6. The second-order valence-corrected chi connectivity index (χ2v) is 5.32. The molecule has 1 unspecified atom stereocenters. The number of anilines is 1. The van der Waals surface area contributed by atoms with Crippen LogP contribution in [-0.4, -0.2) is 17.5 Å². The second-order valence-electron chi connectivity index (χ2n) is 4.43. The Morgan fingerprint density at radius 3 is 2.70 bits per heavy atom. The Balaban J connectivity index is 2.13. The molecule has 0 radical (unpaired) electrons. The summed E-state index contributed by atoms with van der Waals surface area (Å²) < 4.78 is 5.54. The number of rotatable bonds is 5. The van der Waals surface area contributed by atoms with Crippen LogP contribution in [-0.2, 0) is 9.53 Å². The van der Waals surface area contributed by atoms with Crippen molar-refractivity contribution >= 4 is 22.9 Å². The van der Waals surface area contributed by atoms with Gasteiger partial charge in [-0.3, -0.25) is 4.79 Å². The lowest BCUT2D eigenvalue weighted by atomic mass is 10.1. The van der Waals surface area contributed by atoms with Gasteiger partial charge in [-0.15, -0.1) is 11.3 Å². The SMILES string of the molecule is CCOC(C)c1nc(-c2ccc(NC(C)=O)cc2)cs1. The van der Waals surface area contributed by atoms with Crippen LogP contribution in [0, 0.1) is 0 Å². The summed E-state index contributed by atoms with van der Waals surface area (Å²) in [5.74, 6) is -0.0702. The standard InChI is InChI=1S/C15H18N2O2S/c1-4-19-10(2)15-17-14(9-20-15)12-5-7-13(8-6-12)16-11(3)18/h5-10H,4H2,1-3H3,(H,16,18). The van der Waals surface area contributed by atoms with E-state index in [0.717, 1.165) is 22.0 Å². The molecule has 1 aromatic heterocycles.